The fourth-order valence-electron chi connectivity index (χ4n) is 4.00. The maximum atomic E-state index is 12.7. The van der Waals surface area contributed by atoms with Crippen molar-refractivity contribution in [2.45, 2.75) is 50.6 Å². The molecule has 2 aliphatic carbocycles. The summed E-state index contributed by atoms with van der Waals surface area (Å²) in [5.41, 5.74) is 1.50. The van der Waals surface area contributed by atoms with Gasteiger partial charge in [0.2, 0.25) is 5.91 Å². The van der Waals surface area contributed by atoms with Crippen LogP contribution in [-0.2, 0) is 4.79 Å². The molecule has 0 bridgehead atoms. The van der Waals surface area contributed by atoms with Gasteiger partial charge in [-0.1, -0.05) is 18.9 Å². The number of hydrogen-bond acceptors (Lipinski definition) is 3. The number of benzene rings is 1. The second-order valence-electron chi connectivity index (χ2n) is 7.70. The number of carbonyl (C=O) groups excluding carboxylic acids is 2. The van der Waals surface area contributed by atoms with E-state index in [-0.39, 0.29) is 23.8 Å². The van der Waals surface area contributed by atoms with Gasteiger partial charge in [0.1, 0.15) is 6.04 Å². The highest BCUT2D eigenvalue weighted by Crippen LogP contribution is 2.33. The van der Waals surface area contributed by atoms with Crippen molar-refractivity contribution in [3.05, 3.63) is 36.0 Å². The summed E-state index contributed by atoms with van der Waals surface area (Å²) in [6.45, 7) is 0. The second-order valence-corrected chi connectivity index (χ2v) is 7.70. The van der Waals surface area contributed by atoms with Gasteiger partial charge in [-0.25, -0.2) is 0 Å². The van der Waals surface area contributed by atoms with Crippen LogP contribution in [0, 0.1) is 23.2 Å². The van der Waals surface area contributed by atoms with Crippen molar-refractivity contribution in [1.82, 2.24) is 15.6 Å². The predicted molar refractivity (Wildman–Crippen MR) is 102 cm³/mol. The highest BCUT2D eigenvalue weighted by molar-refractivity contribution is 5.98. The van der Waals surface area contributed by atoms with Gasteiger partial charge < -0.3 is 15.6 Å². The molecular weight excluding hydrogens is 340 g/mol. The summed E-state index contributed by atoms with van der Waals surface area (Å²) in [4.78, 5) is 28.6. The zero-order chi connectivity index (χ0) is 18.8. The minimum absolute atomic E-state index is 0.0988. The van der Waals surface area contributed by atoms with Gasteiger partial charge >= 0.3 is 0 Å². The van der Waals surface area contributed by atoms with Crippen LogP contribution >= 0.6 is 0 Å². The molecule has 4 rings (SSSR count). The lowest BCUT2D eigenvalue weighted by Crippen LogP contribution is -2.50. The van der Waals surface area contributed by atoms with Crippen molar-refractivity contribution in [2.75, 3.05) is 0 Å². The Bertz CT molecular complexity index is 893. The molecule has 2 aromatic rings. The van der Waals surface area contributed by atoms with E-state index in [9.17, 15) is 14.9 Å². The highest BCUT2D eigenvalue weighted by atomic mass is 16.2. The molecule has 1 unspecified atom stereocenters. The quantitative estimate of drug-likeness (QED) is 0.761. The number of aromatic amines is 1. The fraction of sp³-hybridized carbons (Fsp3) is 0.476. The molecule has 2 aliphatic rings. The van der Waals surface area contributed by atoms with Crippen LogP contribution < -0.4 is 10.6 Å². The van der Waals surface area contributed by atoms with Crippen LogP contribution in [0.5, 0.6) is 0 Å². The van der Waals surface area contributed by atoms with E-state index in [1.807, 2.05) is 30.5 Å². The van der Waals surface area contributed by atoms with Crippen molar-refractivity contribution < 1.29 is 9.59 Å². The van der Waals surface area contributed by atoms with E-state index in [1.165, 1.54) is 0 Å². The first-order valence-corrected chi connectivity index (χ1v) is 9.73. The van der Waals surface area contributed by atoms with Gasteiger partial charge in [0.25, 0.3) is 5.91 Å². The molecule has 0 radical (unpaired) electrons. The molecule has 1 heterocycles. The van der Waals surface area contributed by atoms with Crippen LogP contribution in [0.4, 0.5) is 0 Å². The van der Waals surface area contributed by atoms with Crippen LogP contribution in [0.25, 0.3) is 10.9 Å². The average Bonchev–Trinajstić information content (AvgIpc) is 3.42. The van der Waals surface area contributed by atoms with Crippen LogP contribution in [-0.4, -0.2) is 28.9 Å². The number of nitrogens with zero attached hydrogens (tertiary/aromatic N) is 1. The van der Waals surface area contributed by atoms with Gasteiger partial charge in [-0.05, 0) is 55.2 Å². The standard InChI is InChI=1S/C21H24N4O2/c22-12-19(13-5-6-13)25-21(27)16-3-1-2-4-17(16)24-20(26)15-8-7-14-9-10-23-18(14)11-15/h7-11,13,16-17,19,23H,1-6H2,(H,24,26)(H,25,27)/t16-,17+,19?/m1/s1. The summed E-state index contributed by atoms with van der Waals surface area (Å²) in [7, 11) is 0. The molecule has 1 aromatic carbocycles. The van der Waals surface area contributed by atoms with Crippen molar-refractivity contribution in [3.8, 4) is 6.07 Å². The van der Waals surface area contributed by atoms with Gasteiger partial charge in [-0.2, -0.15) is 5.26 Å². The van der Waals surface area contributed by atoms with Crippen molar-refractivity contribution >= 4 is 22.7 Å². The predicted octanol–water partition coefficient (Wildman–Crippen LogP) is 2.87. The van der Waals surface area contributed by atoms with E-state index >= 15 is 0 Å². The van der Waals surface area contributed by atoms with Crippen LogP contribution in [0.3, 0.4) is 0 Å². The van der Waals surface area contributed by atoms with Gasteiger partial charge in [-0.15, -0.1) is 0 Å². The number of aromatic nitrogens is 1. The molecule has 3 N–H and O–H groups in total. The number of fused-ring (bicyclic) bond motifs is 1. The Morgan fingerprint density at radius 1 is 1.15 bits per heavy atom. The van der Waals surface area contributed by atoms with Gasteiger partial charge in [0.05, 0.1) is 12.0 Å². The Morgan fingerprint density at radius 2 is 1.96 bits per heavy atom. The van der Waals surface area contributed by atoms with Crippen LogP contribution in [0.2, 0.25) is 0 Å². The Labute approximate surface area is 158 Å². The van der Waals surface area contributed by atoms with E-state index in [0.29, 0.717) is 11.5 Å². The number of nitriles is 1. The van der Waals surface area contributed by atoms with Gasteiger partial charge in [0.15, 0.2) is 0 Å². The maximum Gasteiger partial charge on any atom is 0.251 e. The third-order valence-corrected chi connectivity index (χ3v) is 5.77. The third-order valence-electron chi connectivity index (χ3n) is 5.77. The number of H-pyrrole nitrogens is 1. The molecule has 0 spiro atoms. The summed E-state index contributed by atoms with van der Waals surface area (Å²) in [5.74, 6) is -0.233. The Hall–Kier alpha value is -2.81. The molecule has 27 heavy (non-hydrogen) atoms. The first-order valence-electron chi connectivity index (χ1n) is 9.73. The van der Waals surface area contributed by atoms with E-state index in [2.05, 4.69) is 21.7 Å². The summed E-state index contributed by atoms with van der Waals surface area (Å²) in [6, 6.07) is 9.14. The minimum atomic E-state index is -0.397. The SMILES string of the molecule is N#CC(NC(=O)[C@@H]1CCCC[C@@H]1NC(=O)c1ccc2cc[nH]c2c1)C1CC1. The van der Waals surface area contributed by atoms with Gasteiger partial charge in [-0.3, -0.25) is 9.59 Å². The van der Waals surface area contributed by atoms with E-state index in [4.69, 9.17) is 0 Å². The molecule has 2 amide bonds. The number of amides is 2. The lowest BCUT2D eigenvalue weighted by molar-refractivity contribution is -0.127. The molecule has 2 fully saturated rings. The third kappa shape index (κ3) is 3.82. The lowest BCUT2D eigenvalue weighted by Gasteiger charge is -2.31. The van der Waals surface area contributed by atoms with E-state index in [1.54, 1.807) is 0 Å². The van der Waals surface area contributed by atoms with Crippen molar-refractivity contribution in [3.63, 3.8) is 0 Å². The minimum Gasteiger partial charge on any atom is -0.361 e. The summed E-state index contributed by atoms with van der Waals surface area (Å²) < 4.78 is 0. The molecule has 0 saturated heterocycles. The molecule has 0 aliphatic heterocycles. The number of nitrogens with one attached hydrogen (secondary N) is 3. The van der Waals surface area contributed by atoms with E-state index < -0.39 is 6.04 Å². The van der Waals surface area contributed by atoms with Crippen molar-refractivity contribution in [1.29, 1.82) is 5.26 Å². The molecule has 2 saturated carbocycles. The van der Waals surface area contributed by atoms with Crippen LogP contribution in [0.15, 0.2) is 30.5 Å². The smallest absolute Gasteiger partial charge is 0.251 e. The fourth-order valence-corrected chi connectivity index (χ4v) is 4.00. The molecule has 3 atom stereocenters. The average molecular weight is 364 g/mol. The summed E-state index contributed by atoms with van der Waals surface area (Å²) in [5, 5.41) is 16.3. The Kier molecular flexibility index (Phi) is 4.85. The summed E-state index contributed by atoms with van der Waals surface area (Å²) in [6.07, 6.45) is 7.35. The molecule has 1 aromatic heterocycles. The van der Waals surface area contributed by atoms with Gasteiger partial charge in [0, 0.05) is 23.3 Å². The normalized spacial score (nSPS) is 23.4. The zero-order valence-electron chi connectivity index (χ0n) is 15.2. The Balaban J connectivity index is 1.44. The zero-order valence-corrected chi connectivity index (χ0v) is 15.2. The Morgan fingerprint density at radius 3 is 2.74 bits per heavy atom. The topological polar surface area (TPSA) is 97.8 Å². The molecule has 6 nitrogen and oxygen atoms in total. The molecule has 6 heteroatoms. The number of hydrogen-bond donors (Lipinski definition) is 3. The monoisotopic (exact) mass is 364 g/mol. The highest BCUT2D eigenvalue weighted by Gasteiger charge is 2.37. The second kappa shape index (κ2) is 7.43. The van der Waals surface area contributed by atoms with Crippen LogP contribution in [0.1, 0.15) is 48.9 Å². The largest absolute Gasteiger partial charge is 0.361 e. The number of rotatable bonds is 5. The summed E-state index contributed by atoms with van der Waals surface area (Å²) >= 11 is 0. The maximum absolute atomic E-state index is 12.7. The molecular formula is C21H24N4O2. The first kappa shape index (κ1) is 17.6. The lowest BCUT2D eigenvalue weighted by atomic mass is 9.83. The van der Waals surface area contributed by atoms with Crippen molar-refractivity contribution in [2.24, 2.45) is 11.8 Å². The number of carbonyl (C=O) groups is 2. The first-order chi connectivity index (χ1) is 13.2. The molecule has 140 valence electrons. The van der Waals surface area contributed by atoms with E-state index in [0.717, 1.165) is 49.4 Å².